The number of aryl methyl sites for hydroxylation is 1. The number of imidazole rings is 1. The van der Waals surface area contributed by atoms with Crippen molar-refractivity contribution in [2.45, 2.75) is 19.9 Å². The van der Waals surface area contributed by atoms with E-state index in [1.54, 1.807) is 0 Å². The molecule has 0 aliphatic carbocycles. The minimum Gasteiger partial charge on any atom is -0.458 e. The van der Waals surface area contributed by atoms with Gasteiger partial charge in [0.2, 0.25) is 0 Å². The molecule has 0 saturated carbocycles. The van der Waals surface area contributed by atoms with Crippen molar-refractivity contribution in [2.24, 2.45) is 0 Å². The Balaban J connectivity index is 0.939. The van der Waals surface area contributed by atoms with Gasteiger partial charge in [0, 0.05) is 32.7 Å². The molecule has 0 saturated heterocycles. The van der Waals surface area contributed by atoms with E-state index in [0.29, 0.717) is 17.0 Å². The fourth-order valence-electron chi connectivity index (χ4n) is 10.6. The molecule has 0 atom stereocenters. The first-order chi connectivity index (χ1) is 40.1. The van der Waals surface area contributed by atoms with Crippen LogP contribution in [0.15, 0.2) is 261 Å². The van der Waals surface area contributed by atoms with Crippen LogP contribution in [-0.2, 0) is 0 Å². The Morgan fingerprint density at radius 2 is 1.16 bits per heavy atom. The lowest BCUT2D eigenvalue weighted by Gasteiger charge is -2.29. The third-order valence-corrected chi connectivity index (χ3v) is 17.8. The summed E-state index contributed by atoms with van der Waals surface area (Å²) in [6.07, 6.45) is 5.18. The van der Waals surface area contributed by atoms with Crippen LogP contribution in [0.4, 0.5) is 0 Å². The third-order valence-electron chi connectivity index (χ3n) is 14.3. The van der Waals surface area contributed by atoms with Crippen LogP contribution in [-0.4, -0.2) is 22.2 Å². The van der Waals surface area contributed by atoms with Crippen molar-refractivity contribution in [1.29, 1.82) is 0 Å². The molecule has 6 heteroatoms. The highest BCUT2D eigenvalue weighted by atomic mass is 28.3. The van der Waals surface area contributed by atoms with Crippen molar-refractivity contribution < 1.29 is 20.3 Å². The molecule has 75 heavy (non-hydrogen) atoms. The Labute approximate surface area is 449 Å². The second-order valence-electron chi connectivity index (χ2n) is 19.2. The topological polar surface area (TPSA) is 35.9 Å². The quantitative estimate of drug-likeness (QED) is 0.0735. The van der Waals surface area contributed by atoms with Gasteiger partial charge in [-0.15, -0.1) is 0 Å². The average Bonchev–Trinajstić information content (AvgIpc) is 3.59. The molecule has 13 aromatic rings. The molecule has 13 rings (SSSR count). The van der Waals surface area contributed by atoms with Crippen molar-refractivity contribution in [1.82, 2.24) is 14.1 Å². The van der Waals surface area contributed by atoms with E-state index in [4.69, 9.17) is 20.7 Å². The van der Waals surface area contributed by atoms with Gasteiger partial charge in [-0.25, -0.2) is 4.98 Å². The maximum atomic E-state index is 8.68. The summed E-state index contributed by atoms with van der Waals surface area (Å²) < 4.78 is 81.0. The number of ether oxygens (including phenoxy) is 1. The van der Waals surface area contributed by atoms with Crippen molar-refractivity contribution in [3.05, 3.63) is 273 Å². The number of aromatic nitrogens is 4. The number of hydrogen-bond acceptors (Lipinski definition) is 2. The molecule has 10 aromatic carbocycles. The lowest BCUT2D eigenvalue weighted by molar-refractivity contribution is -0.570. The number of nitrogens with zero attached hydrogens (tertiary/aromatic N) is 4. The van der Waals surface area contributed by atoms with E-state index in [9.17, 15) is 0 Å². The van der Waals surface area contributed by atoms with Crippen molar-refractivity contribution in [3.63, 3.8) is 0 Å². The van der Waals surface area contributed by atoms with E-state index in [-0.39, 0.29) is 22.5 Å². The fraction of sp³-hybridized carbons (Fsp3) is 0.0435. The second kappa shape index (κ2) is 18.9. The van der Waals surface area contributed by atoms with Crippen LogP contribution < -0.4 is 19.7 Å². The Bertz CT molecular complexity index is 4590. The highest BCUT2D eigenvalue weighted by Gasteiger charge is 2.32. The maximum Gasteiger partial charge on any atom is 0.269 e. The fourth-order valence-corrected chi connectivity index (χ4v) is 13.2. The molecule has 0 unspecified atom stereocenters. The Hall–Kier alpha value is -9.36. The van der Waals surface area contributed by atoms with Gasteiger partial charge >= 0.3 is 0 Å². The molecule has 0 aliphatic rings. The summed E-state index contributed by atoms with van der Waals surface area (Å²) >= 11 is 0. The maximum absolute atomic E-state index is 8.68. The predicted molar refractivity (Wildman–Crippen MR) is 312 cm³/mol. The van der Waals surface area contributed by atoms with Gasteiger partial charge in [-0.3, -0.25) is 13.7 Å². The zero-order valence-corrected chi connectivity index (χ0v) is 42.1. The average molecular weight is 989 g/mol. The largest absolute Gasteiger partial charge is 0.458 e. The predicted octanol–water partition coefficient (Wildman–Crippen LogP) is 15.8. The molecule has 0 radical (unpaired) electrons. The molecular formula is C69H52N4OSi. The van der Waals surface area contributed by atoms with Crippen LogP contribution in [0, 0.1) is 13.2 Å². The Morgan fingerprint density at radius 3 is 1.91 bits per heavy atom. The summed E-state index contributed by atoms with van der Waals surface area (Å²) in [6.45, 7) is 2.10. The summed E-state index contributed by atoms with van der Waals surface area (Å²) in [5.74, 6) is 1.35. The van der Waals surface area contributed by atoms with E-state index >= 15 is 0 Å². The van der Waals surface area contributed by atoms with Gasteiger partial charge < -0.3 is 4.74 Å². The smallest absolute Gasteiger partial charge is 0.269 e. The summed E-state index contributed by atoms with van der Waals surface area (Å²) in [5.41, 5.74) is 11.4. The van der Waals surface area contributed by atoms with E-state index in [1.807, 2.05) is 71.3 Å². The summed E-state index contributed by atoms with van der Waals surface area (Å²) in [5, 5.41) is 4.34. The number of rotatable bonds is 11. The first-order valence-corrected chi connectivity index (χ1v) is 27.9. The minimum absolute atomic E-state index is 0.0674. The van der Waals surface area contributed by atoms with E-state index in [0.717, 1.165) is 72.1 Å². The molecular weight excluding hydrogens is 929 g/mol. The van der Waals surface area contributed by atoms with E-state index < -0.39 is 45.1 Å². The summed E-state index contributed by atoms with van der Waals surface area (Å²) in [6, 6.07) is 74.2. The molecule has 358 valence electrons. The Morgan fingerprint density at radius 1 is 0.520 bits per heavy atom. The molecule has 0 fully saturated rings. The van der Waals surface area contributed by atoms with Crippen molar-refractivity contribution in [3.8, 4) is 73.2 Å². The monoisotopic (exact) mass is 988 g/mol. The van der Waals surface area contributed by atoms with Gasteiger partial charge in [0.25, 0.3) is 6.33 Å². The van der Waals surface area contributed by atoms with Crippen molar-refractivity contribution in [2.75, 3.05) is 0 Å². The molecule has 5 nitrogen and oxygen atoms in total. The molecule has 0 spiro atoms. The van der Waals surface area contributed by atoms with Crippen LogP contribution >= 0.6 is 0 Å². The van der Waals surface area contributed by atoms with Gasteiger partial charge in [-0.2, -0.15) is 0 Å². The number of hydrogen-bond donors (Lipinski definition) is 0. The lowest BCUT2D eigenvalue weighted by Crippen LogP contribution is -2.57. The van der Waals surface area contributed by atoms with Crippen LogP contribution in [0.1, 0.15) is 16.5 Å². The Kier molecular flexibility index (Phi) is 9.43. The highest BCUT2D eigenvalue weighted by Crippen LogP contribution is 2.38. The summed E-state index contributed by atoms with van der Waals surface area (Å²) in [7, 11) is -2.44. The van der Waals surface area contributed by atoms with Gasteiger partial charge in [-0.05, 0) is 117 Å². The first-order valence-electron chi connectivity index (χ1n) is 28.9. The minimum atomic E-state index is -2.75. The van der Waals surface area contributed by atoms with Gasteiger partial charge in [0.1, 0.15) is 25.4 Å². The molecule has 0 aliphatic heterocycles. The SMILES string of the molecule is [2H]c1c([2H])c([2H])c(-c2cnc(-n3c4ccccc4c4ccc(Oc5cccc(-n6[c-][n+](-c7c(-c8cc(-c9ccccc9)cc(-c9ccccc9)c8)cccc7[Si](C)(C)c7ccccc7)c7ccccc76)c5)cc43)cc2C([2H])([2H])[2H])c([2H])c1[2H]. The highest BCUT2D eigenvalue weighted by molar-refractivity contribution is 7.01. The number of benzene rings is 10. The number of para-hydroxylation sites is 4. The zero-order chi connectivity index (χ0) is 57.3. The standard InChI is InChI=1S/C69H52N4OSi/c1-48-40-68(70-46-62(48)51-26-12-6-13-27-51)73-63-34-17-16-32-60(63)61-39-38-57(45-66(61)73)74-56-29-20-28-55(44-56)71-47-72(65-36-19-18-35-64(65)71)69-59(33-21-37-67(69)75(2,3)58-30-14-7-15-31-58)54-42-52(49-22-8-4-9-23-49)41-53(43-54)50-24-10-5-11-25-50/h4-46H,1-3H3/i1D3,6D,12D,13D,26D,27D. The molecule has 0 N–H and O–H groups in total. The molecule has 0 amide bonds. The van der Waals surface area contributed by atoms with Gasteiger partial charge in [-0.1, -0.05) is 206 Å². The first kappa shape index (κ1) is 37.4. The summed E-state index contributed by atoms with van der Waals surface area (Å²) in [4.78, 5) is 4.76. The normalized spacial score (nSPS) is 13.4. The number of fused-ring (bicyclic) bond motifs is 4. The van der Waals surface area contributed by atoms with Crippen LogP contribution in [0.5, 0.6) is 11.5 Å². The van der Waals surface area contributed by atoms with E-state index in [1.165, 1.54) is 22.6 Å². The van der Waals surface area contributed by atoms with Crippen LogP contribution in [0.3, 0.4) is 0 Å². The van der Waals surface area contributed by atoms with E-state index in [2.05, 4.69) is 180 Å². The van der Waals surface area contributed by atoms with Crippen LogP contribution in [0.25, 0.3) is 94.5 Å². The van der Waals surface area contributed by atoms with Crippen LogP contribution in [0.2, 0.25) is 13.1 Å². The zero-order valence-electron chi connectivity index (χ0n) is 49.1. The lowest BCUT2D eigenvalue weighted by atomic mass is 9.92. The molecule has 0 bridgehead atoms. The molecule has 3 heterocycles. The second-order valence-corrected chi connectivity index (χ2v) is 23.6. The van der Waals surface area contributed by atoms with Gasteiger partial charge in [0.15, 0.2) is 0 Å². The van der Waals surface area contributed by atoms with Crippen molar-refractivity contribution >= 4 is 51.3 Å². The third kappa shape index (κ3) is 8.32. The van der Waals surface area contributed by atoms with Gasteiger partial charge in [0.05, 0.1) is 40.3 Å². The number of pyridine rings is 1. The molecule has 3 aromatic heterocycles.